The Hall–Kier alpha value is -2.40. The van der Waals surface area contributed by atoms with Crippen LogP contribution in [0.2, 0.25) is 0 Å². The Morgan fingerprint density at radius 2 is 1.80 bits per heavy atom. The van der Waals surface area contributed by atoms with Gasteiger partial charge in [-0.05, 0) is 61.1 Å². The van der Waals surface area contributed by atoms with Gasteiger partial charge in [0.2, 0.25) is 0 Å². The van der Waals surface area contributed by atoms with E-state index in [4.69, 9.17) is 0 Å². The van der Waals surface area contributed by atoms with E-state index in [9.17, 15) is 19.4 Å². The summed E-state index contributed by atoms with van der Waals surface area (Å²) in [6.07, 6.45) is 0.714. The number of aliphatic hydroxyl groups is 1. The van der Waals surface area contributed by atoms with E-state index in [1.54, 1.807) is 36.1 Å². The quantitative estimate of drug-likeness (QED) is 0.898. The van der Waals surface area contributed by atoms with Gasteiger partial charge in [-0.1, -0.05) is 18.2 Å². The summed E-state index contributed by atoms with van der Waals surface area (Å²) in [4.78, 5) is 14.3. The number of aryl methyl sites for hydroxylation is 1. The van der Waals surface area contributed by atoms with Gasteiger partial charge in [0.15, 0.2) is 0 Å². The molecule has 0 aromatic heterocycles. The molecule has 2 aromatic carbocycles. The third kappa shape index (κ3) is 3.82. The number of carbonyl (C=O) groups excluding carboxylic acids is 1. The number of hydrogen-bond acceptors (Lipinski definition) is 3. The highest BCUT2D eigenvalue weighted by Gasteiger charge is 2.28. The number of halogens is 1. The highest BCUT2D eigenvalue weighted by molar-refractivity contribution is 5.94. The van der Waals surface area contributed by atoms with Crippen LogP contribution in [0.1, 0.15) is 40.4 Å². The van der Waals surface area contributed by atoms with Gasteiger partial charge >= 0.3 is 0 Å². The summed E-state index contributed by atoms with van der Waals surface area (Å²) < 4.78 is 13.0. The topological polar surface area (TPSA) is 60.8 Å². The molecule has 1 unspecified atom stereocenters. The van der Waals surface area contributed by atoms with Crippen LogP contribution in [0, 0.1) is 18.7 Å². The van der Waals surface area contributed by atoms with Gasteiger partial charge < -0.3 is 15.1 Å². The standard InChI is InChI=1S/C20H22FNO3/c1-13-2-3-16(12-18(13)23)20(25)22-10-8-15(9-11-22)19(24)14-4-6-17(21)7-5-14/h2-7,12,15,19,23-24H,8-11H2,1H3. The van der Waals surface area contributed by atoms with Gasteiger partial charge in [0.05, 0.1) is 6.10 Å². The summed E-state index contributed by atoms with van der Waals surface area (Å²) in [6, 6.07) is 10.9. The molecule has 3 rings (SSSR count). The minimum atomic E-state index is -0.652. The monoisotopic (exact) mass is 343 g/mol. The molecule has 2 aromatic rings. The van der Waals surface area contributed by atoms with E-state index in [1.165, 1.54) is 18.2 Å². The normalized spacial score (nSPS) is 16.7. The average molecular weight is 343 g/mol. The first-order chi connectivity index (χ1) is 12.0. The van der Waals surface area contributed by atoms with Crippen molar-refractivity contribution in [3.8, 4) is 5.75 Å². The Balaban J connectivity index is 1.62. The van der Waals surface area contributed by atoms with Crippen molar-refractivity contribution in [2.75, 3.05) is 13.1 Å². The van der Waals surface area contributed by atoms with Gasteiger partial charge in [-0.15, -0.1) is 0 Å². The summed E-state index contributed by atoms with van der Waals surface area (Å²) >= 11 is 0. The highest BCUT2D eigenvalue weighted by Crippen LogP contribution is 2.31. The smallest absolute Gasteiger partial charge is 0.253 e. The van der Waals surface area contributed by atoms with Gasteiger partial charge in [-0.25, -0.2) is 4.39 Å². The summed E-state index contributed by atoms with van der Waals surface area (Å²) in [5.74, 6) is -0.267. The largest absolute Gasteiger partial charge is 0.508 e. The average Bonchev–Trinajstić information content (AvgIpc) is 2.63. The minimum absolute atomic E-state index is 0.0425. The van der Waals surface area contributed by atoms with Crippen molar-refractivity contribution in [3.63, 3.8) is 0 Å². The fourth-order valence-electron chi connectivity index (χ4n) is 3.28. The number of hydrogen-bond donors (Lipinski definition) is 2. The number of piperidine rings is 1. The number of nitrogens with zero attached hydrogens (tertiary/aromatic N) is 1. The Labute approximate surface area is 146 Å². The summed E-state index contributed by atoms with van der Waals surface area (Å²) in [7, 11) is 0. The Kier molecular flexibility index (Phi) is 5.04. The molecule has 0 spiro atoms. The van der Waals surface area contributed by atoms with E-state index < -0.39 is 6.10 Å². The number of rotatable bonds is 3. The molecule has 1 amide bonds. The van der Waals surface area contributed by atoms with Crippen LogP contribution >= 0.6 is 0 Å². The highest BCUT2D eigenvalue weighted by atomic mass is 19.1. The molecule has 1 aliphatic heterocycles. The number of amides is 1. The maximum absolute atomic E-state index is 13.0. The molecule has 1 aliphatic rings. The molecule has 0 aliphatic carbocycles. The van der Waals surface area contributed by atoms with E-state index in [-0.39, 0.29) is 23.4 Å². The van der Waals surface area contributed by atoms with Crippen molar-refractivity contribution in [1.29, 1.82) is 0 Å². The molecular weight excluding hydrogens is 321 g/mol. The summed E-state index contributed by atoms with van der Waals surface area (Å²) in [5.41, 5.74) is 1.91. The molecule has 0 radical (unpaired) electrons. The van der Waals surface area contributed by atoms with Crippen molar-refractivity contribution in [2.24, 2.45) is 5.92 Å². The molecule has 1 heterocycles. The van der Waals surface area contributed by atoms with Gasteiger partial charge in [0, 0.05) is 18.7 Å². The van der Waals surface area contributed by atoms with Crippen LogP contribution in [0.4, 0.5) is 4.39 Å². The maximum atomic E-state index is 13.0. The van der Waals surface area contributed by atoms with E-state index in [2.05, 4.69) is 0 Å². The van der Waals surface area contributed by atoms with Crippen LogP contribution < -0.4 is 0 Å². The van der Waals surface area contributed by atoms with Crippen LogP contribution in [0.3, 0.4) is 0 Å². The third-order valence-electron chi connectivity index (χ3n) is 4.94. The van der Waals surface area contributed by atoms with Gasteiger partial charge in [0.25, 0.3) is 5.91 Å². The Morgan fingerprint density at radius 1 is 1.16 bits per heavy atom. The van der Waals surface area contributed by atoms with Crippen LogP contribution in [0.15, 0.2) is 42.5 Å². The van der Waals surface area contributed by atoms with Crippen molar-refractivity contribution >= 4 is 5.91 Å². The van der Waals surface area contributed by atoms with Crippen molar-refractivity contribution < 1.29 is 19.4 Å². The number of phenolic OH excluding ortho intramolecular Hbond substituents is 1. The van der Waals surface area contributed by atoms with Crippen LogP contribution in [-0.2, 0) is 0 Å². The zero-order valence-electron chi connectivity index (χ0n) is 14.2. The molecule has 0 bridgehead atoms. The van der Waals surface area contributed by atoms with Gasteiger partial charge in [-0.3, -0.25) is 4.79 Å². The lowest BCUT2D eigenvalue weighted by Crippen LogP contribution is -2.39. The van der Waals surface area contributed by atoms with Crippen LogP contribution in [0.5, 0.6) is 5.75 Å². The van der Waals surface area contributed by atoms with Gasteiger partial charge in [0.1, 0.15) is 11.6 Å². The fraction of sp³-hybridized carbons (Fsp3) is 0.350. The second-order valence-corrected chi connectivity index (χ2v) is 6.63. The number of aliphatic hydroxyl groups excluding tert-OH is 1. The molecule has 25 heavy (non-hydrogen) atoms. The third-order valence-corrected chi connectivity index (χ3v) is 4.94. The van der Waals surface area contributed by atoms with Gasteiger partial charge in [-0.2, -0.15) is 0 Å². The maximum Gasteiger partial charge on any atom is 0.253 e. The molecule has 132 valence electrons. The minimum Gasteiger partial charge on any atom is -0.508 e. The second-order valence-electron chi connectivity index (χ2n) is 6.63. The van der Waals surface area contributed by atoms with Crippen LogP contribution in [-0.4, -0.2) is 34.1 Å². The molecule has 2 N–H and O–H groups in total. The lowest BCUT2D eigenvalue weighted by Gasteiger charge is -2.34. The molecule has 0 saturated carbocycles. The predicted octanol–water partition coefficient (Wildman–Crippen LogP) is 3.43. The van der Waals surface area contributed by atoms with Crippen molar-refractivity contribution in [2.45, 2.75) is 25.9 Å². The Bertz CT molecular complexity index is 752. The first-order valence-corrected chi connectivity index (χ1v) is 8.48. The SMILES string of the molecule is Cc1ccc(C(=O)N2CCC(C(O)c3ccc(F)cc3)CC2)cc1O. The molecule has 1 atom stereocenters. The molecule has 1 fully saturated rings. The number of carbonyl (C=O) groups is 1. The van der Waals surface area contributed by atoms with Crippen molar-refractivity contribution in [3.05, 3.63) is 65.0 Å². The summed E-state index contributed by atoms with van der Waals surface area (Å²) in [6.45, 7) is 2.89. The fourth-order valence-corrected chi connectivity index (χ4v) is 3.28. The first kappa shape index (κ1) is 17.4. The van der Waals surface area contributed by atoms with E-state index in [0.29, 0.717) is 37.1 Å². The molecule has 4 nitrogen and oxygen atoms in total. The molecule has 1 saturated heterocycles. The summed E-state index contributed by atoms with van der Waals surface area (Å²) in [5, 5.41) is 20.3. The van der Waals surface area contributed by atoms with E-state index in [1.807, 2.05) is 0 Å². The van der Waals surface area contributed by atoms with E-state index >= 15 is 0 Å². The molecular formula is C20H22FNO3. The second kappa shape index (κ2) is 7.23. The zero-order chi connectivity index (χ0) is 18.0. The molecule has 5 heteroatoms. The first-order valence-electron chi connectivity index (χ1n) is 8.48. The lowest BCUT2D eigenvalue weighted by molar-refractivity contribution is 0.0462. The van der Waals surface area contributed by atoms with Crippen molar-refractivity contribution in [1.82, 2.24) is 4.90 Å². The zero-order valence-corrected chi connectivity index (χ0v) is 14.2. The van der Waals surface area contributed by atoms with Crippen LogP contribution in [0.25, 0.3) is 0 Å². The predicted molar refractivity (Wildman–Crippen MR) is 92.8 cm³/mol. The Morgan fingerprint density at radius 3 is 2.40 bits per heavy atom. The number of phenols is 1. The number of benzene rings is 2. The number of likely N-dealkylation sites (tertiary alicyclic amines) is 1. The van der Waals surface area contributed by atoms with E-state index in [0.717, 1.165) is 5.56 Å². The number of aromatic hydroxyl groups is 1. The lowest BCUT2D eigenvalue weighted by atomic mass is 9.87.